The van der Waals surface area contributed by atoms with Gasteiger partial charge in [-0.15, -0.1) is 0 Å². The first-order valence-corrected chi connectivity index (χ1v) is 6.14. The van der Waals surface area contributed by atoms with Gasteiger partial charge in [0.2, 0.25) is 5.91 Å². The lowest BCUT2D eigenvalue weighted by Crippen LogP contribution is -2.45. The molecule has 0 saturated carbocycles. The van der Waals surface area contributed by atoms with Crippen LogP contribution >= 0.6 is 0 Å². The van der Waals surface area contributed by atoms with E-state index in [1.54, 1.807) is 6.92 Å². The Labute approximate surface area is 112 Å². The van der Waals surface area contributed by atoms with Crippen LogP contribution in [0.2, 0.25) is 0 Å². The Hall–Kier alpha value is -1.88. The third kappa shape index (κ3) is 5.09. The fraction of sp³-hybridized carbons (Fsp3) is 0.429. The van der Waals surface area contributed by atoms with Gasteiger partial charge in [0.1, 0.15) is 12.1 Å². The molecule has 0 saturated heterocycles. The van der Waals surface area contributed by atoms with Crippen molar-refractivity contribution in [3.05, 3.63) is 35.9 Å². The van der Waals surface area contributed by atoms with Gasteiger partial charge in [-0.3, -0.25) is 4.79 Å². The maximum Gasteiger partial charge on any atom is 0.326 e. The third-order valence-corrected chi connectivity index (χ3v) is 2.90. The molecule has 5 nitrogen and oxygen atoms in total. The lowest BCUT2D eigenvalue weighted by molar-refractivity contribution is -0.143. The van der Waals surface area contributed by atoms with E-state index >= 15 is 0 Å². The quantitative estimate of drug-likeness (QED) is 0.777. The minimum atomic E-state index is -1.03. The summed E-state index contributed by atoms with van der Waals surface area (Å²) in [5.41, 5.74) is 1.04. The number of ether oxygens (including phenoxy) is 1. The highest BCUT2D eigenvalue weighted by atomic mass is 16.5. The molecule has 2 N–H and O–H groups in total. The van der Waals surface area contributed by atoms with Crippen molar-refractivity contribution in [1.82, 2.24) is 5.32 Å². The van der Waals surface area contributed by atoms with E-state index in [0.717, 1.165) is 5.56 Å². The Morgan fingerprint density at radius 2 is 1.95 bits per heavy atom. The van der Waals surface area contributed by atoms with E-state index in [4.69, 9.17) is 9.84 Å². The molecule has 5 heteroatoms. The zero-order valence-electron chi connectivity index (χ0n) is 11.1. The van der Waals surface area contributed by atoms with Gasteiger partial charge in [-0.25, -0.2) is 4.79 Å². The summed E-state index contributed by atoms with van der Waals surface area (Å²) < 4.78 is 4.85. The number of aliphatic carboxylic acids is 1. The number of rotatable bonds is 7. The van der Waals surface area contributed by atoms with Crippen LogP contribution in [0.4, 0.5) is 0 Å². The van der Waals surface area contributed by atoms with Crippen molar-refractivity contribution in [2.24, 2.45) is 0 Å². The predicted molar refractivity (Wildman–Crippen MR) is 70.8 cm³/mol. The SMILES string of the molecule is COC(C)C(=O)N[C@@H](CCc1ccccc1)C(=O)O. The Morgan fingerprint density at radius 3 is 2.47 bits per heavy atom. The second-order valence-corrected chi connectivity index (χ2v) is 4.30. The molecule has 2 atom stereocenters. The highest BCUT2D eigenvalue weighted by Gasteiger charge is 2.22. The molecular weight excluding hydrogens is 246 g/mol. The number of hydrogen-bond acceptors (Lipinski definition) is 3. The molecule has 19 heavy (non-hydrogen) atoms. The molecule has 0 aromatic heterocycles. The monoisotopic (exact) mass is 265 g/mol. The molecule has 0 fully saturated rings. The molecule has 0 aliphatic carbocycles. The van der Waals surface area contributed by atoms with Crippen molar-refractivity contribution in [3.8, 4) is 0 Å². The predicted octanol–water partition coefficient (Wildman–Crippen LogP) is 1.22. The molecule has 0 heterocycles. The van der Waals surface area contributed by atoms with Crippen LogP contribution in [0.1, 0.15) is 18.9 Å². The summed E-state index contributed by atoms with van der Waals surface area (Å²) >= 11 is 0. The molecule has 1 rings (SSSR count). The van der Waals surface area contributed by atoms with E-state index in [2.05, 4.69) is 5.32 Å². The molecule has 0 aliphatic rings. The highest BCUT2D eigenvalue weighted by molar-refractivity contribution is 5.86. The van der Waals surface area contributed by atoms with Gasteiger partial charge in [0.15, 0.2) is 0 Å². The summed E-state index contributed by atoms with van der Waals surface area (Å²) in [7, 11) is 1.41. The van der Waals surface area contributed by atoms with E-state index in [9.17, 15) is 9.59 Å². The molecule has 1 unspecified atom stereocenters. The molecule has 104 valence electrons. The first-order valence-electron chi connectivity index (χ1n) is 6.14. The van der Waals surface area contributed by atoms with Crippen molar-refractivity contribution in [2.75, 3.05) is 7.11 Å². The third-order valence-electron chi connectivity index (χ3n) is 2.90. The minimum Gasteiger partial charge on any atom is -0.480 e. The molecule has 0 radical (unpaired) electrons. The molecule has 1 aromatic rings. The van der Waals surface area contributed by atoms with E-state index in [-0.39, 0.29) is 0 Å². The zero-order chi connectivity index (χ0) is 14.3. The molecular formula is C14H19NO4. The Balaban J connectivity index is 2.54. The Kier molecular flexibility index (Phi) is 6.02. The van der Waals surface area contributed by atoms with Crippen molar-refractivity contribution >= 4 is 11.9 Å². The topological polar surface area (TPSA) is 75.6 Å². The van der Waals surface area contributed by atoms with Crippen LogP contribution in [0.15, 0.2) is 30.3 Å². The summed E-state index contributed by atoms with van der Waals surface area (Å²) in [6.45, 7) is 1.57. The molecule has 1 aromatic carbocycles. The first kappa shape index (κ1) is 15.2. The van der Waals surface area contributed by atoms with E-state index in [1.807, 2.05) is 30.3 Å². The fourth-order valence-corrected chi connectivity index (χ4v) is 1.61. The second kappa shape index (κ2) is 7.53. The number of carboxylic acids is 1. The number of aryl methyl sites for hydroxylation is 1. The number of carbonyl (C=O) groups excluding carboxylic acids is 1. The number of methoxy groups -OCH3 is 1. The van der Waals surface area contributed by atoms with Gasteiger partial charge in [0, 0.05) is 7.11 Å². The van der Waals surface area contributed by atoms with Gasteiger partial charge in [0.05, 0.1) is 0 Å². The maximum absolute atomic E-state index is 11.6. The van der Waals surface area contributed by atoms with Crippen LogP contribution in [0.3, 0.4) is 0 Å². The van der Waals surface area contributed by atoms with Crippen LogP contribution < -0.4 is 5.32 Å². The number of nitrogens with one attached hydrogen (secondary N) is 1. The minimum absolute atomic E-state index is 0.349. The number of carbonyl (C=O) groups is 2. The van der Waals surface area contributed by atoms with E-state index in [0.29, 0.717) is 12.8 Å². The standard InChI is InChI=1S/C14H19NO4/c1-10(19-2)13(16)15-12(14(17)18)9-8-11-6-4-3-5-7-11/h3-7,10,12H,8-9H2,1-2H3,(H,15,16)(H,17,18)/t10?,12-/m0/s1. The average Bonchev–Trinajstić information content (AvgIpc) is 2.42. The van der Waals surface area contributed by atoms with Gasteiger partial charge < -0.3 is 15.2 Å². The number of hydrogen-bond donors (Lipinski definition) is 2. The Bertz CT molecular complexity index is 419. The lowest BCUT2D eigenvalue weighted by Gasteiger charge is -2.17. The smallest absolute Gasteiger partial charge is 0.326 e. The molecule has 1 amide bonds. The van der Waals surface area contributed by atoms with Crippen LogP contribution in [0.5, 0.6) is 0 Å². The van der Waals surface area contributed by atoms with Crippen LogP contribution in [0, 0.1) is 0 Å². The zero-order valence-corrected chi connectivity index (χ0v) is 11.1. The van der Waals surface area contributed by atoms with Crippen molar-refractivity contribution in [2.45, 2.75) is 31.9 Å². The maximum atomic E-state index is 11.6. The summed E-state index contributed by atoms with van der Waals surface area (Å²) in [5, 5.41) is 11.6. The molecule has 0 spiro atoms. The number of amides is 1. The molecule has 0 aliphatic heterocycles. The van der Waals surface area contributed by atoms with E-state index in [1.165, 1.54) is 7.11 Å². The highest BCUT2D eigenvalue weighted by Crippen LogP contribution is 2.06. The van der Waals surface area contributed by atoms with Gasteiger partial charge in [-0.05, 0) is 25.3 Å². The largest absolute Gasteiger partial charge is 0.480 e. The van der Waals surface area contributed by atoms with Gasteiger partial charge >= 0.3 is 5.97 Å². The summed E-state index contributed by atoms with van der Waals surface area (Å²) in [6.07, 6.45) is 0.291. The summed E-state index contributed by atoms with van der Waals surface area (Å²) in [6, 6.07) is 8.66. The van der Waals surface area contributed by atoms with Crippen molar-refractivity contribution < 1.29 is 19.4 Å². The first-order chi connectivity index (χ1) is 9.04. The number of benzene rings is 1. The fourth-order valence-electron chi connectivity index (χ4n) is 1.61. The Morgan fingerprint density at radius 1 is 1.32 bits per heavy atom. The van der Waals surface area contributed by atoms with Gasteiger partial charge in [-0.2, -0.15) is 0 Å². The summed E-state index contributed by atoms with van der Waals surface area (Å²) in [4.78, 5) is 22.7. The van der Waals surface area contributed by atoms with Gasteiger partial charge in [-0.1, -0.05) is 30.3 Å². The van der Waals surface area contributed by atoms with Crippen molar-refractivity contribution in [1.29, 1.82) is 0 Å². The van der Waals surface area contributed by atoms with Crippen LogP contribution in [0.25, 0.3) is 0 Å². The average molecular weight is 265 g/mol. The number of carboxylic acid groups (broad SMARTS) is 1. The lowest BCUT2D eigenvalue weighted by atomic mass is 10.1. The van der Waals surface area contributed by atoms with Gasteiger partial charge in [0.25, 0.3) is 0 Å². The van der Waals surface area contributed by atoms with Crippen molar-refractivity contribution in [3.63, 3.8) is 0 Å². The second-order valence-electron chi connectivity index (χ2n) is 4.30. The van der Waals surface area contributed by atoms with E-state index < -0.39 is 24.0 Å². The summed E-state index contributed by atoms with van der Waals surface area (Å²) in [5.74, 6) is -1.45. The van der Waals surface area contributed by atoms with Crippen LogP contribution in [-0.2, 0) is 20.7 Å². The normalized spacial score (nSPS) is 13.6. The molecule has 0 bridgehead atoms. The van der Waals surface area contributed by atoms with Crippen LogP contribution in [-0.4, -0.2) is 36.2 Å².